The molecule has 32 heavy (non-hydrogen) atoms. The molecule has 170 valence electrons. The molecule has 2 aromatic carbocycles. The van der Waals surface area contributed by atoms with E-state index >= 15 is 0 Å². The molecule has 0 radical (unpaired) electrons. The van der Waals surface area contributed by atoms with Gasteiger partial charge in [0, 0.05) is 44.2 Å². The molecule has 0 saturated heterocycles. The summed E-state index contributed by atoms with van der Waals surface area (Å²) in [7, 11) is -1.94. The van der Waals surface area contributed by atoms with Crippen molar-refractivity contribution in [3.63, 3.8) is 0 Å². The van der Waals surface area contributed by atoms with Crippen LogP contribution in [0.4, 0.5) is 0 Å². The second-order valence-corrected chi connectivity index (χ2v) is 10.9. The van der Waals surface area contributed by atoms with Crippen molar-refractivity contribution in [3.05, 3.63) is 87.8 Å². The number of likely N-dealkylation sites (N-methyl/N-ethyl adjacent to an activating group) is 1. The summed E-state index contributed by atoms with van der Waals surface area (Å²) >= 11 is 0. The molecule has 2 N–H and O–H groups in total. The van der Waals surface area contributed by atoms with Gasteiger partial charge in [0.1, 0.15) is 0 Å². The number of hydrogen-bond donors (Lipinski definition) is 2. The molecule has 0 unspecified atom stereocenters. The highest BCUT2D eigenvalue weighted by Gasteiger charge is 2.33. The summed E-state index contributed by atoms with van der Waals surface area (Å²) in [5.41, 5.74) is 2.46. The quantitative estimate of drug-likeness (QED) is 0.548. The Bertz CT molecular complexity index is 1200. The van der Waals surface area contributed by atoms with Crippen molar-refractivity contribution in [2.45, 2.75) is 36.6 Å². The van der Waals surface area contributed by atoms with Crippen molar-refractivity contribution >= 4 is 10.0 Å². The minimum absolute atomic E-state index is 0.0517. The Morgan fingerprint density at radius 1 is 1.03 bits per heavy atom. The van der Waals surface area contributed by atoms with Crippen LogP contribution < -0.4 is 5.56 Å². The van der Waals surface area contributed by atoms with Crippen LogP contribution in [0.1, 0.15) is 30.2 Å². The number of benzene rings is 2. The van der Waals surface area contributed by atoms with E-state index in [1.807, 2.05) is 24.3 Å². The molecule has 0 amide bonds. The van der Waals surface area contributed by atoms with Gasteiger partial charge in [-0.05, 0) is 30.7 Å². The zero-order valence-electron chi connectivity index (χ0n) is 18.5. The Balaban J connectivity index is 1.54. The molecule has 0 bridgehead atoms. The predicted molar refractivity (Wildman–Crippen MR) is 125 cm³/mol. The molecule has 0 fully saturated rings. The highest BCUT2D eigenvalue weighted by molar-refractivity contribution is 7.89. The highest BCUT2D eigenvalue weighted by Crippen LogP contribution is 2.31. The lowest BCUT2D eigenvalue weighted by atomic mass is 9.79. The third-order valence-electron chi connectivity index (χ3n) is 6.50. The highest BCUT2D eigenvalue weighted by atomic mass is 32.2. The number of hydrogen-bond acceptors (Lipinski definition) is 4. The van der Waals surface area contributed by atoms with Gasteiger partial charge in [-0.3, -0.25) is 14.8 Å². The fourth-order valence-electron chi connectivity index (χ4n) is 4.47. The van der Waals surface area contributed by atoms with Crippen LogP contribution in [0.2, 0.25) is 0 Å². The molecule has 8 heteroatoms. The zero-order chi connectivity index (χ0) is 22.8. The van der Waals surface area contributed by atoms with Gasteiger partial charge in [0.2, 0.25) is 10.0 Å². The van der Waals surface area contributed by atoms with Gasteiger partial charge in [-0.15, -0.1) is 0 Å². The van der Waals surface area contributed by atoms with E-state index in [0.717, 1.165) is 42.8 Å². The maximum Gasteiger partial charge on any atom is 0.268 e. The normalized spacial score (nSPS) is 16.6. The molecule has 7 nitrogen and oxygen atoms in total. The summed E-state index contributed by atoms with van der Waals surface area (Å²) in [6.45, 7) is 4.73. The molecule has 1 aliphatic rings. The minimum Gasteiger partial charge on any atom is -0.302 e. The third-order valence-corrected chi connectivity index (χ3v) is 8.32. The summed E-state index contributed by atoms with van der Waals surface area (Å²) in [6, 6.07) is 18.6. The average molecular weight is 455 g/mol. The Morgan fingerprint density at radius 3 is 2.38 bits per heavy atom. The molecule has 0 saturated carbocycles. The van der Waals surface area contributed by atoms with Crippen molar-refractivity contribution < 1.29 is 8.42 Å². The second kappa shape index (κ2) is 9.05. The van der Waals surface area contributed by atoms with Gasteiger partial charge in [0.15, 0.2) is 0 Å². The molecule has 0 aliphatic carbocycles. The Hall–Kier alpha value is -2.68. The van der Waals surface area contributed by atoms with Gasteiger partial charge < -0.3 is 5.10 Å². The number of aromatic amines is 2. The number of nitrogens with one attached hydrogen (secondary N) is 2. The molecular formula is C24H30N4O3S. The molecule has 1 aromatic heterocycles. The van der Waals surface area contributed by atoms with E-state index in [1.54, 1.807) is 31.3 Å². The van der Waals surface area contributed by atoms with Crippen LogP contribution in [-0.4, -0.2) is 54.5 Å². The number of H-pyrrole nitrogens is 2. The fraction of sp³-hybridized carbons (Fsp3) is 0.375. The first kappa shape index (κ1) is 22.5. The summed E-state index contributed by atoms with van der Waals surface area (Å²) in [6.07, 6.45) is 1.57. The third kappa shape index (κ3) is 4.57. The smallest absolute Gasteiger partial charge is 0.268 e. The maximum atomic E-state index is 13.2. The van der Waals surface area contributed by atoms with Crippen molar-refractivity contribution in [3.8, 4) is 0 Å². The summed E-state index contributed by atoms with van der Waals surface area (Å²) in [5, 5.41) is 5.64. The monoisotopic (exact) mass is 454 g/mol. The lowest BCUT2D eigenvalue weighted by Crippen LogP contribution is -2.43. The van der Waals surface area contributed by atoms with Crippen LogP contribution in [0.3, 0.4) is 0 Å². The van der Waals surface area contributed by atoms with Crippen LogP contribution in [-0.2, 0) is 28.4 Å². The fourth-order valence-corrected chi connectivity index (χ4v) is 5.79. The summed E-state index contributed by atoms with van der Waals surface area (Å²) in [4.78, 5) is 14.6. The van der Waals surface area contributed by atoms with Crippen molar-refractivity contribution in [1.82, 2.24) is 19.4 Å². The SMILES string of the molecule is CN(C[C@@](C)(CCN1CCc2[nH][nH]c(=O)c2C1)c1ccccc1)S(=O)(=O)c1ccccc1. The van der Waals surface area contributed by atoms with E-state index in [4.69, 9.17) is 0 Å². The number of fused-ring (bicyclic) bond motifs is 1. The van der Waals surface area contributed by atoms with Gasteiger partial charge in [0.25, 0.3) is 5.56 Å². The van der Waals surface area contributed by atoms with Gasteiger partial charge in [0.05, 0.1) is 10.5 Å². The van der Waals surface area contributed by atoms with Gasteiger partial charge in [-0.1, -0.05) is 55.5 Å². The Morgan fingerprint density at radius 2 is 1.69 bits per heavy atom. The zero-order valence-corrected chi connectivity index (χ0v) is 19.4. The average Bonchev–Trinajstić information content (AvgIpc) is 3.19. The molecular weight excluding hydrogens is 424 g/mol. The number of rotatable bonds is 8. The Kier molecular flexibility index (Phi) is 6.37. The number of aromatic nitrogens is 2. The second-order valence-electron chi connectivity index (χ2n) is 8.81. The van der Waals surface area contributed by atoms with E-state index in [1.165, 1.54) is 4.31 Å². The molecule has 2 heterocycles. The summed E-state index contributed by atoms with van der Waals surface area (Å²) in [5.74, 6) is 0. The van der Waals surface area contributed by atoms with Crippen molar-refractivity contribution in [2.75, 3.05) is 26.7 Å². The molecule has 4 rings (SSSR count). The molecule has 0 spiro atoms. The van der Waals surface area contributed by atoms with Crippen molar-refractivity contribution in [2.24, 2.45) is 0 Å². The topological polar surface area (TPSA) is 89.3 Å². The summed E-state index contributed by atoms with van der Waals surface area (Å²) < 4.78 is 27.8. The first-order valence-electron chi connectivity index (χ1n) is 10.9. The van der Waals surface area contributed by atoms with Crippen LogP contribution in [0.15, 0.2) is 70.4 Å². The van der Waals surface area contributed by atoms with Crippen LogP contribution in [0.5, 0.6) is 0 Å². The van der Waals surface area contributed by atoms with Crippen molar-refractivity contribution in [1.29, 1.82) is 0 Å². The molecule has 3 aromatic rings. The lowest BCUT2D eigenvalue weighted by Gasteiger charge is -2.36. The van der Waals surface area contributed by atoms with Crippen LogP contribution >= 0.6 is 0 Å². The van der Waals surface area contributed by atoms with Gasteiger partial charge in [-0.2, -0.15) is 0 Å². The van der Waals surface area contributed by atoms with E-state index in [2.05, 4.69) is 34.2 Å². The van der Waals surface area contributed by atoms with E-state index in [9.17, 15) is 13.2 Å². The lowest BCUT2D eigenvalue weighted by molar-refractivity contribution is 0.214. The number of sulfonamides is 1. The maximum absolute atomic E-state index is 13.2. The van der Waals surface area contributed by atoms with E-state index in [0.29, 0.717) is 18.0 Å². The number of nitrogens with zero attached hydrogens (tertiary/aromatic N) is 2. The Labute approximate surface area is 189 Å². The van der Waals surface area contributed by atoms with E-state index in [-0.39, 0.29) is 11.0 Å². The van der Waals surface area contributed by atoms with Gasteiger partial charge >= 0.3 is 0 Å². The molecule has 1 aliphatic heterocycles. The van der Waals surface area contributed by atoms with Crippen LogP contribution in [0.25, 0.3) is 0 Å². The first-order valence-corrected chi connectivity index (χ1v) is 12.3. The van der Waals surface area contributed by atoms with E-state index < -0.39 is 10.0 Å². The first-order chi connectivity index (χ1) is 15.3. The van der Waals surface area contributed by atoms with Crippen LogP contribution in [0, 0.1) is 0 Å². The standard InChI is InChI=1S/C24H30N4O3S/c1-24(19-9-5-3-6-10-19,18-27(2)32(30,31)20-11-7-4-8-12-20)14-16-28-15-13-22-21(17-28)23(29)26-25-22/h3-12H,13-18H2,1-2H3,(H2,25,26,29)/t24-/m1/s1. The largest absolute Gasteiger partial charge is 0.302 e. The molecule has 1 atom stereocenters. The predicted octanol–water partition coefficient (Wildman–Crippen LogP) is 2.73. The minimum atomic E-state index is -3.59. The van der Waals surface area contributed by atoms with Gasteiger partial charge in [-0.25, -0.2) is 12.7 Å².